The van der Waals surface area contributed by atoms with Crippen LogP contribution >= 0.6 is 0 Å². The molecule has 1 aromatic carbocycles. The van der Waals surface area contributed by atoms with E-state index in [-0.39, 0.29) is 12.2 Å². The van der Waals surface area contributed by atoms with Crippen molar-refractivity contribution in [2.24, 2.45) is 0 Å². The lowest BCUT2D eigenvalue weighted by molar-refractivity contribution is -0.487. The van der Waals surface area contributed by atoms with E-state index in [0.29, 0.717) is 5.56 Å². The molecule has 1 atom stereocenters. The van der Waals surface area contributed by atoms with Gasteiger partial charge in [0.05, 0.1) is 11.0 Å². The van der Waals surface area contributed by atoms with Gasteiger partial charge in [-0.2, -0.15) is 0 Å². The smallest absolute Gasteiger partial charge is 0.269 e. The first-order chi connectivity index (χ1) is 7.91. The monoisotopic (exact) mass is 239 g/mol. The van der Waals surface area contributed by atoms with Crippen LogP contribution in [0.2, 0.25) is 0 Å². The first kappa shape index (κ1) is 13.0. The average molecular weight is 239 g/mol. The summed E-state index contributed by atoms with van der Waals surface area (Å²) in [4.78, 5) is 21.9. The summed E-state index contributed by atoms with van der Waals surface area (Å²) in [5, 5.41) is 21.2. The molecule has 0 saturated carbocycles. The standard InChI is InChI=1S/C10H13N3O4/c1-11(2)10(7-12(14)15)8-4-3-5-9(6-8)13(16)17/h3-6,10H,7H2,1-2H3. The van der Waals surface area contributed by atoms with Gasteiger partial charge in [0.2, 0.25) is 6.54 Å². The van der Waals surface area contributed by atoms with Crippen LogP contribution in [0.15, 0.2) is 24.3 Å². The second-order valence-electron chi connectivity index (χ2n) is 3.85. The second kappa shape index (κ2) is 5.35. The predicted octanol–water partition coefficient (Wildman–Crippen LogP) is 1.47. The summed E-state index contributed by atoms with van der Waals surface area (Å²) in [7, 11) is 3.40. The van der Waals surface area contributed by atoms with E-state index >= 15 is 0 Å². The summed E-state index contributed by atoms with van der Waals surface area (Å²) < 4.78 is 0. The Hall–Kier alpha value is -2.02. The van der Waals surface area contributed by atoms with Gasteiger partial charge in [0, 0.05) is 17.1 Å². The summed E-state index contributed by atoms with van der Waals surface area (Å²) in [6.45, 7) is -0.284. The molecule has 0 heterocycles. The van der Waals surface area contributed by atoms with Crippen LogP contribution in [0, 0.1) is 20.2 Å². The van der Waals surface area contributed by atoms with Crippen LogP contribution in [0.3, 0.4) is 0 Å². The fourth-order valence-corrected chi connectivity index (χ4v) is 1.55. The molecular formula is C10H13N3O4. The van der Waals surface area contributed by atoms with Gasteiger partial charge < -0.3 is 0 Å². The molecule has 92 valence electrons. The molecule has 0 aliphatic heterocycles. The van der Waals surface area contributed by atoms with E-state index in [1.54, 1.807) is 25.1 Å². The summed E-state index contributed by atoms with van der Waals surface area (Å²) >= 11 is 0. The topological polar surface area (TPSA) is 89.5 Å². The molecule has 1 rings (SSSR count). The first-order valence-electron chi connectivity index (χ1n) is 4.94. The zero-order chi connectivity index (χ0) is 13.0. The molecule has 7 nitrogen and oxygen atoms in total. The van der Waals surface area contributed by atoms with E-state index < -0.39 is 15.9 Å². The Bertz CT molecular complexity index is 433. The van der Waals surface area contributed by atoms with Crippen LogP contribution in [0.25, 0.3) is 0 Å². The van der Waals surface area contributed by atoms with Gasteiger partial charge in [-0.05, 0) is 19.7 Å². The van der Waals surface area contributed by atoms with E-state index in [9.17, 15) is 20.2 Å². The van der Waals surface area contributed by atoms with Gasteiger partial charge in [0.15, 0.2) is 0 Å². The molecule has 0 spiro atoms. The lowest BCUT2D eigenvalue weighted by atomic mass is 10.1. The van der Waals surface area contributed by atoms with Crippen molar-refractivity contribution in [2.75, 3.05) is 20.6 Å². The minimum absolute atomic E-state index is 0.0577. The number of non-ortho nitro benzene ring substituents is 1. The number of likely N-dealkylation sites (N-methyl/N-ethyl adjacent to an activating group) is 1. The number of hydrogen-bond acceptors (Lipinski definition) is 5. The Labute approximate surface area is 98.0 Å². The molecule has 7 heteroatoms. The number of hydrogen-bond donors (Lipinski definition) is 0. The van der Waals surface area contributed by atoms with E-state index in [4.69, 9.17) is 0 Å². The van der Waals surface area contributed by atoms with E-state index in [1.165, 1.54) is 18.2 Å². The maximum absolute atomic E-state index is 10.6. The van der Waals surface area contributed by atoms with Gasteiger partial charge in [0.25, 0.3) is 5.69 Å². The minimum atomic E-state index is -0.512. The van der Waals surface area contributed by atoms with Crippen LogP contribution < -0.4 is 0 Å². The zero-order valence-corrected chi connectivity index (χ0v) is 9.57. The van der Waals surface area contributed by atoms with E-state index in [2.05, 4.69) is 0 Å². The quantitative estimate of drug-likeness (QED) is 0.573. The molecule has 0 bridgehead atoms. The van der Waals surface area contributed by atoms with Gasteiger partial charge in [-0.15, -0.1) is 0 Å². The van der Waals surface area contributed by atoms with Crippen molar-refractivity contribution in [3.63, 3.8) is 0 Å². The molecule has 0 saturated heterocycles. The van der Waals surface area contributed by atoms with E-state index in [1.807, 2.05) is 0 Å². The number of nitro benzene ring substituents is 1. The van der Waals surface area contributed by atoms with Crippen molar-refractivity contribution in [1.29, 1.82) is 0 Å². The summed E-state index contributed by atoms with van der Waals surface area (Å²) in [5.41, 5.74) is 0.513. The first-order valence-corrected chi connectivity index (χ1v) is 4.94. The highest BCUT2D eigenvalue weighted by Crippen LogP contribution is 2.22. The normalized spacial score (nSPS) is 12.4. The highest BCUT2D eigenvalue weighted by molar-refractivity contribution is 5.35. The van der Waals surface area contributed by atoms with Crippen LogP contribution in [-0.4, -0.2) is 35.4 Å². The van der Waals surface area contributed by atoms with Crippen molar-refractivity contribution >= 4 is 5.69 Å². The third-order valence-corrected chi connectivity index (χ3v) is 2.41. The third kappa shape index (κ3) is 3.49. The minimum Gasteiger partial charge on any atom is -0.297 e. The van der Waals surface area contributed by atoms with Crippen molar-refractivity contribution in [3.05, 3.63) is 50.1 Å². The van der Waals surface area contributed by atoms with Crippen LogP contribution in [0.1, 0.15) is 11.6 Å². The SMILES string of the molecule is CN(C)C(C[N+](=O)[O-])c1cccc([N+](=O)[O-])c1. The molecule has 0 fully saturated rings. The van der Waals surface area contributed by atoms with Crippen molar-refractivity contribution in [1.82, 2.24) is 4.90 Å². The largest absolute Gasteiger partial charge is 0.297 e. The van der Waals surface area contributed by atoms with Crippen molar-refractivity contribution < 1.29 is 9.85 Å². The summed E-state index contributed by atoms with van der Waals surface area (Å²) in [5.74, 6) is 0. The third-order valence-electron chi connectivity index (χ3n) is 2.41. The Morgan fingerprint density at radius 2 is 1.94 bits per heavy atom. The number of benzene rings is 1. The molecule has 1 aromatic rings. The molecule has 1 unspecified atom stereocenters. The molecule has 0 aliphatic rings. The lowest BCUT2D eigenvalue weighted by Crippen LogP contribution is -2.26. The molecular weight excluding hydrogens is 226 g/mol. The highest BCUT2D eigenvalue weighted by Gasteiger charge is 2.21. The maximum atomic E-state index is 10.6. The predicted molar refractivity (Wildman–Crippen MR) is 61.4 cm³/mol. The second-order valence-corrected chi connectivity index (χ2v) is 3.85. The number of nitro groups is 2. The average Bonchev–Trinajstić information content (AvgIpc) is 2.25. The van der Waals surface area contributed by atoms with Crippen LogP contribution in [0.4, 0.5) is 5.69 Å². The molecule has 17 heavy (non-hydrogen) atoms. The molecule has 0 N–H and O–H groups in total. The Morgan fingerprint density at radius 3 is 2.41 bits per heavy atom. The van der Waals surface area contributed by atoms with Gasteiger partial charge in [-0.1, -0.05) is 12.1 Å². The summed E-state index contributed by atoms with van der Waals surface area (Å²) in [6.07, 6.45) is 0. The molecule has 0 aromatic heterocycles. The van der Waals surface area contributed by atoms with Crippen molar-refractivity contribution in [2.45, 2.75) is 6.04 Å². The molecule has 0 aliphatic carbocycles. The Kier molecular flexibility index (Phi) is 4.11. The zero-order valence-electron chi connectivity index (χ0n) is 9.57. The van der Waals surface area contributed by atoms with Crippen molar-refractivity contribution in [3.8, 4) is 0 Å². The number of rotatable bonds is 5. The van der Waals surface area contributed by atoms with Gasteiger partial charge in [-0.3, -0.25) is 25.1 Å². The fraction of sp³-hybridized carbons (Fsp3) is 0.400. The Morgan fingerprint density at radius 1 is 1.29 bits per heavy atom. The van der Waals surface area contributed by atoms with Crippen LogP contribution in [-0.2, 0) is 0 Å². The maximum Gasteiger partial charge on any atom is 0.269 e. The molecule has 0 radical (unpaired) electrons. The number of nitrogens with zero attached hydrogens (tertiary/aromatic N) is 3. The van der Waals surface area contributed by atoms with Gasteiger partial charge in [0.1, 0.15) is 0 Å². The van der Waals surface area contributed by atoms with E-state index in [0.717, 1.165) is 0 Å². The van der Waals surface area contributed by atoms with Crippen LogP contribution in [0.5, 0.6) is 0 Å². The lowest BCUT2D eigenvalue weighted by Gasteiger charge is -2.20. The summed E-state index contributed by atoms with van der Waals surface area (Å²) in [6, 6.07) is 5.45. The molecule has 0 amide bonds. The van der Waals surface area contributed by atoms with Gasteiger partial charge >= 0.3 is 0 Å². The Balaban J connectivity index is 3.05. The van der Waals surface area contributed by atoms with Gasteiger partial charge in [-0.25, -0.2) is 0 Å². The highest BCUT2D eigenvalue weighted by atomic mass is 16.6. The fourth-order valence-electron chi connectivity index (χ4n) is 1.55.